The van der Waals surface area contributed by atoms with E-state index in [1.165, 1.54) is 12.3 Å². The molecule has 0 aliphatic heterocycles. The smallest absolute Gasteiger partial charge is 0.141 e. The molecule has 2 rings (SSSR count). The van der Waals surface area contributed by atoms with Crippen molar-refractivity contribution in [2.24, 2.45) is 0 Å². The number of hydrogen-bond acceptors (Lipinski definition) is 3. The van der Waals surface area contributed by atoms with Crippen LogP contribution in [0.2, 0.25) is 0 Å². The largest absolute Gasteiger partial charge is 0.497 e. The van der Waals surface area contributed by atoms with Gasteiger partial charge in [-0.15, -0.1) is 0 Å². The summed E-state index contributed by atoms with van der Waals surface area (Å²) in [4.78, 5) is 4.19. The summed E-state index contributed by atoms with van der Waals surface area (Å²) in [5, 5.41) is 3.44. The number of nitrogens with one attached hydrogen (secondary N) is 1. The molecule has 2 aromatic rings. The second-order valence-electron chi connectivity index (χ2n) is 4.93. The number of methoxy groups -OCH3 is 1. The molecule has 106 valence electrons. The van der Waals surface area contributed by atoms with Crippen LogP contribution in [0, 0.1) is 5.82 Å². The molecule has 0 saturated heterocycles. The number of pyridine rings is 1. The minimum atomic E-state index is -0.331. The summed E-state index contributed by atoms with van der Waals surface area (Å²) in [5.74, 6) is 0.461. The van der Waals surface area contributed by atoms with Gasteiger partial charge in [0.15, 0.2) is 0 Å². The monoisotopic (exact) mass is 274 g/mol. The van der Waals surface area contributed by atoms with Gasteiger partial charge in [-0.1, -0.05) is 12.1 Å². The Balaban J connectivity index is 2.38. The van der Waals surface area contributed by atoms with Crippen molar-refractivity contribution in [3.63, 3.8) is 0 Å². The first-order chi connectivity index (χ1) is 9.60. The fourth-order valence-electron chi connectivity index (χ4n) is 2.06. The number of nitrogens with zero attached hydrogens (tertiary/aromatic N) is 1. The molecule has 0 radical (unpaired) electrons. The minimum Gasteiger partial charge on any atom is -0.497 e. The van der Waals surface area contributed by atoms with E-state index >= 15 is 0 Å². The van der Waals surface area contributed by atoms with Crippen LogP contribution in [-0.4, -0.2) is 18.1 Å². The molecule has 0 aliphatic carbocycles. The van der Waals surface area contributed by atoms with E-state index in [0.717, 1.165) is 17.0 Å². The van der Waals surface area contributed by atoms with Crippen molar-refractivity contribution < 1.29 is 9.13 Å². The Morgan fingerprint density at radius 2 is 2.00 bits per heavy atom. The van der Waals surface area contributed by atoms with Crippen molar-refractivity contribution in [1.29, 1.82) is 0 Å². The van der Waals surface area contributed by atoms with E-state index in [-0.39, 0.29) is 17.9 Å². The second-order valence-corrected chi connectivity index (χ2v) is 4.93. The summed E-state index contributed by atoms with van der Waals surface area (Å²) in [6, 6.07) is 11.1. The SMILES string of the molecule is COc1cccc(C(NC(C)C)c2ccc(F)cn2)c1. The molecule has 0 saturated carbocycles. The molecule has 0 spiro atoms. The summed E-state index contributed by atoms with van der Waals surface area (Å²) in [6.45, 7) is 4.13. The number of hydrogen-bond donors (Lipinski definition) is 1. The number of rotatable bonds is 5. The third-order valence-electron chi connectivity index (χ3n) is 2.97. The normalized spacial score (nSPS) is 12.4. The highest BCUT2D eigenvalue weighted by atomic mass is 19.1. The molecule has 1 unspecified atom stereocenters. The fraction of sp³-hybridized carbons (Fsp3) is 0.312. The van der Waals surface area contributed by atoms with Crippen LogP contribution >= 0.6 is 0 Å². The molecule has 0 fully saturated rings. The van der Waals surface area contributed by atoms with Gasteiger partial charge in [0, 0.05) is 6.04 Å². The van der Waals surface area contributed by atoms with E-state index in [0.29, 0.717) is 0 Å². The molecule has 1 aromatic heterocycles. The van der Waals surface area contributed by atoms with Gasteiger partial charge in [-0.2, -0.15) is 0 Å². The van der Waals surface area contributed by atoms with Crippen molar-refractivity contribution in [2.45, 2.75) is 25.9 Å². The molecule has 0 aliphatic rings. The number of benzene rings is 1. The summed E-state index contributed by atoms with van der Waals surface area (Å²) in [5.41, 5.74) is 1.82. The van der Waals surface area contributed by atoms with Gasteiger partial charge in [0.05, 0.1) is 25.0 Å². The van der Waals surface area contributed by atoms with Crippen LogP contribution in [0.15, 0.2) is 42.6 Å². The first-order valence-corrected chi connectivity index (χ1v) is 6.61. The molecule has 20 heavy (non-hydrogen) atoms. The molecular formula is C16H19FN2O. The highest BCUT2D eigenvalue weighted by molar-refractivity contribution is 5.34. The van der Waals surface area contributed by atoms with Crippen LogP contribution < -0.4 is 10.1 Å². The summed E-state index contributed by atoms with van der Waals surface area (Å²) in [6.07, 6.45) is 1.24. The predicted octanol–water partition coefficient (Wildman–Crippen LogP) is 3.32. The van der Waals surface area contributed by atoms with Crippen molar-refractivity contribution in [3.05, 3.63) is 59.7 Å². The van der Waals surface area contributed by atoms with E-state index in [1.54, 1.807) is 13.2 Å². The van der Waals surface area contributed by atoms with Crippen LogP contribution in [-0.2, 0) is 0 Å². The van der Waals surface area contributed by atoms with Gasteiger partial charge < -0.3 is 10.1 Å². The zero-order valence-corrected chi connectivity index (χ0v) is 11.9. The summed E-state index contributed by atoms with van der Waals surface area (Å²) >= 11 is 0. The van der Waals surface area contributed by atoms with Gasteiger partial charge >= 0.3 is 0 Å². The van der Waals surface area contributed by atoms with E-state index in [4.69, 9.17) is 4.74 Å². The number of aromatic nitrogens is 1. The zero-order chi connectivity index (χ0) is 14.5. The quantitative estimate of drug-likeness (QED) is 0.908. The Morgan fingerprint density at radius 3 is 2.60 bits per heavy atom. The lowest BCUT2D eigenvalue weighted by molar-refractivity contribution is 0.413. The van der Waals surface area contributed by atoms with E-state index in [1.807, 2.05) is 24.3 Å². The average molecular weight is 274 g/mol. The Kier molecular flexibility index (Phi) is 4.69. The second kappa shape index (κ2) is 6.48. The van der Waals surface area contributed by atoms with Crippen LogP contribution in [0.1, 0.15) is 31.1 Å². The van der Waals surface area contributed by atoms with Crippen molar-refractivity contribution >= 4 is 0 Å². The van der Waals surface area contributed by atoms with Crippen LogP contribution in [0.25, 0.3) is 0 Å². The molecule has 0 amide bonds. The molecule has 0 bridgehead atoms. The zero-order valence-electron chi connectivity index (χ0n) is 11.9. The maximum atomic E-state index is 13.0. The molecule has 4 heteroatoms. The fourth-order valence-corrected chi connectivity index (χ4v) is 2.06. The van der Waals surface area contributed by atoms with Gasteiger partial charge in [-0.25, -0.2) is 4.39 Å². The van der Waals surface area contributed by atoms with Crippen LogP contribution in [0.3, 0.4) is 0 Å². The third kappa shape index (κ3) is 3.54. The van der Waals surface area contributed by atoms with Crippen molar-refractivity contribution in [1.82, 2.24) is 10.3 Å². The van der Waals surface area contributed by atoms with Crippen LogP contribution in [0.5, 0.6) is 5.75 Å². The first kappa shape index (κ1) is 14.5. The average Bonchev–Trinajstić information content (AvgIpc) is 2.46. The highest BCUT2D eigenvalue weighted by Gasteiger charge is 2.17. The molecule has 1 heterocycles. The standard InChI is InChI=1S/C16H19FN2O/c1-11(2)19-16(15-8-7-13(17)10-18-15)12-5-4-6-14(9-12)20-3/h4-11,16,19H,1-3H3. The van der Waals surface area contributed by atoms with Gasteiger partial charge in [-0.3, -0.25) is 4.98 Å². The molecule has 3 nitrogen and oxygen atoms in total. The van der Waals surface area contributed by atoms with E-state index in [9.17, 15) is 4.39 Å². The highest BCUT2D eigenvalue weighted by Crippen LogP contribution is 2.24. The molecule has 1 aromatic carbocycles. The van der Waals surface area contributed by atoms with Gasteiger partial charge in [0.25, 0.3) is 0 Å². The van der Waals surface area contributed by atoms with Crippen LogP contribution in [0.4, 0.5) is 4.39 Å². The van der Waals surface area contributed by atoms with Crippen molar-refractivity contribution in [3.8, 4) is 5.75 Å². The van der Waals surface area contributed by atoms with E-state index in [2.05, 4.69) is 24.1 Å². The van der Waals surface area contributed by atoms with E-state index < -0.39 is 0 Å². The lowest BCUT2D eigenvalue weighted by atomic mass is 10.0. The third-order valence-corrected chi connectivity index (χ3v) is 2.97. The lowest BCUT2D eigenvalue weighted by Crippen LogP contribution is -2.29. The topological polar surface area (TPSA) is 34.1 Å². The maximum absolute atomic E-state index is 13.0. The number of halogens is 1. The lowest BCUT2D eigenvalue weighted by Gasteiger charge is -2.21. The Hall–Kier alpha value is -1.94. The Labute approximate surface area is 118 Å². The summed E-state index contributed by atoms with van der Waals surface area (Å²) < 4.78 is 18.3. The van der Waals surface area contributed by atoms with Gasteiger partial charge in [-0.05, 0) is 43.7 Å². The van der Waals surface area contributed by atoms with Gasteiger partial charge in [0.2, 0.25) is 0 Å². The Morgan fingerprint density at radius 1 is 1.20 bits per heavy atom. The van der Waals surface area contributed by atoms with Gasteiger partial charge in [0.1, 0.15) is 11.6 Å². The minimum absolute atomic E-state index is 0.0919. The van der Waals surface area contributed by atoms with Crippen molar-refractivity contribution in [2.75, 3.05) is 7.11 Å². The molecule has 1 N–H and O–H groups in total. The predicted molar refractivity (Wildman–Crippen MR) is 77.3 cm³/mol. The first-order valence-electron chi connectivity index (χ1n) is 6.61. The number of ether oxygens (including phenoxy) is 1. The maximum Gasteiger partial charge on any atom is 0.141 e. The summed E-state index contributed by atoms with van der Waals surface area (Å²) in [7, 11) is 1.64. The Bertz CT molecular complexity index is 555. The molecule has 1 atom stereocenters. The molecular weight excluding hydrogens is 255 g/mol.